The van der Waals surface area contributed by atoms with Gasteiger partial charge in [-0.3, -0.25) is 0 Å². The molecule has 0 radical (unpaired) electrons. The molecule has 1 heteroatoms. The highest BCUT2D eigenvalue weighted by molar-refractivity contribution is 5.32. The average molecular weight is 202 g/mol. The molecule has 1 aromatic rings. The summed E-state index contributed by atoms with van der Waals surface area (Å²) in [7, 11) is 1.73. The Morgan fingerprint density at radius 2 is 2.20 bits per heavy atom. The van der Waals surface area contributed by atoms with E-state index in [4.69, 9.17) is 4.74 Å². The Kier molecular flexibility index (Phi) is 3.10. The molecular weight excluding hydrogens is 184 g/mol. The number of benzene rings is 1. The number of hydrogen-bond donors (Lipinski definition) is 0. The second-order valence-corrected chi connectivity index (χ2v) is 4.30. The van der Waals surface area contributed by atoms with Crippen LogP contribution in [-0.2, 0) is 0 Å². The van der Waals surface area contributed by atoms with Crippen LogP contribution in [0.4, 0.5) is 0 Å². The lowest BCUT2D eigenvalue weighted by atomic mass is 9.85. The van der Waals surface area contributed by atoms with E-state index in [0.717, 1.165) is 5.75 Å². The maximum atomic E-state index is 5.25. The molecule has 0 saturated heterocycles. The fourth-order valence-corrected chi connectivity index (χ4v) is 2.16. The topological polar surface area (TPSA) is 9.23 Å². The van der Waals surface area contributed by atoms with E-state index in [1.54, 1.807) is 7.11 Å². The summed E-state index contributed by atoms with van der Waals surface area (Å²) in [6.07, 6.45) is 6.06. The number of hydrogen-bond acceptors (Lipinski definition) is 1. The van der Waals surface area contributed by atoms with Crippen molar-refractivity contribution in [3.05, 3.63) is 41.5 Å². The van der Waals surface area contributed by atoms with Crippen molar-refractivity contribution >= 4 is 0 Å². The summed E-state index contributed by atoms with van der Waals surface area (Å²) in [5.41, 5.74) is 2.95. The van der Waals surface area contributed by atoms with Gasteiger partial charge in [-0.1, -0.05) is 23.8 Å². The molecule has 0 fully saturated rings. The Hall–Kier alpha value is -1.24. The molecule has 0 aliphatic heterocycles. The third-order valence-corrected chi connectivity index (χ3v) is 3.20. The first-order valence-electron chi connectivity index (χ1n) is 5.59. The highest BCUT2D eigenvalue weighted by atomic mass is 16.5. The van der Waals surface area contributed by atoms with E-state index in [0.29, 0.717) is 5.92 Å². The first kappa shape index (κ1) is 10.3. The SMILES string of the molecule is COc1cccc(C2CC=C(C)CC2)c1. The molecule has 2 rings (SSSR count). The third-order valence-electron chi connectivity index (χ3n) is 3.20. The monoisotopic (exact) mass is 202 g/mol. The van der Waals surface area contributed by atoms with E-state index in [2.05, 4.69) is 31.2 Å². The molecule has 0 spiro atoms. The summed E-state index contributed by atoms with van der Waals surface area (Å²) < 4.78 is 5.25. The van der Waals surface area contributed by atoms with Crippen LogP contribution in [0.15, 0.2) is 35.9 Å². The van der Waals surface area contributed by atoms with Crippen LogP contribution in [0.25, 0.3) is 0 Å². The van der Waals surface area contributed by atoms with Crippen molar-refractivity contribution < 1.29 is 4.74 Å². The van der Waals surface area contributed by atoms with Crippen LogP contribution in [0.5, 0.6) is 5.75 Å². The quantitative estimate of drug-likeness (QED) is 0.661. The highest BCUT2D eigenvalue weighted by Gasteiger charge is 2.14. The maximum absolute atomic E-state index is 5.25. The molecule has 0 bridgehead atoms. The second-order valence-electron chi connectivity index (χ2n) is 4.30. The molecule has 1 unspecified atom stereocenters. The van der Waals surface area contributed by atoms with Gasteiger partial charge < -0.3 is 4.74 Å². The molecule has 1 aliphatic carbocycles. The molecule has 1 atom stereocenters. The number of methoxy groups -OCH3 is 1. The molecule has 80 valence electrons. The zero-order chi connectivity index (χ0) is 10.7. The van der Waals surface area contributed by atoms with Crippen LogP contribution in [-0.4, -0.2) is 7.11 Å². The minimum Gasteiger partial charge on any atom is -0.497 e. The van der Waals surface area contributed by atoms with Crippen LogP contribution in [0.3, 0.4) is 0 Å². The highest BCUT2D eigenvalue weighted by Crippen LogP contribution is 2.33. The summed E-state index contributed by atoms with van der Waals surface area (Å²) in [5, 5.41) is 0. The molecule has 1 aromatic carbocycles. The van der Waals surface area contributed by atoms with Crippen LogP contribution in [0.1, 0.15) is 37.7 Å². The van der Waals surface area contributed by atoms with Crippen LogP contribution in [0, 0.1) is 0 Å². The lowest BCUT2D eigenvalue weighted by Crippen LogP contribution is -2.03. The molecule has 0 heterocycles. The van der Waals surface area contributed by atoms with Gasteiger partial charge in [0.2, 0.25) is 0 Å². The van der Waals surface area contributed by atoms with Gasteiger partial charge >= 0.3 is 0 Å². The van der Waals surface area contributed by atoms with Crippen LogP contribution >= 0.6 is 0 Å². The van der Waals surface area contributed by atoms with Gasteiger partial charge in [-0.25, -0.2) is 0 Å². The minimum atomic E-state index is 0.684. The van der Waals surface area contributed by atoms with Crippen LogP contribution < -0.4 is 4.74 Å². The summed E-state index contributed by atoms with van der Waals surface area (Å²) in [6.45, 7) is 2.22. The van der Waals surface area contributed by atoms with Gasteiger partial charge in [0.25, 0.3) is 0 Å². The summed E-state index contributed by atoms with van der Waals surface area (Å²) in [5.74, 6) is 1.66. The van der Waals surface area contributed by atoms with E-state index in [-0.39, 0.29) is 0 Å². The first-order valence-corrected chi connectivity index (χ1v) is 5.59. The van der Waals surface area contributed by atoms with Gasteiger partial charge in [0.1, 0.15) is 5.75 Å². The molecular formula is C14H18O. The number of allylic oxidation sites excluding steroid dienone is 2. The Balaban J connectivity index is 2.16. The Morgan fingerprint density at radius 3 is 2.87 bits per heavy atom. The molecule has 15 heavy (non-hydrogen) atoms. The normalized spacial score (nSPS) is 20.9. The molecule has 1 aliphatic rings. The average Bonchev–Trinajstić information content (AvgIpc) is 2.30. The zero-order valence-corrected chi connectivity index (χ0v) is 9.49. The number of ether oxygens (including phenoxy) is 1. The Labute approximate surface area is 91.8 Å². The largest absolute Gasteiger partial charge is 0.497 e. The standard InChI is InChI=1S/C14H18O/c1-11-6-8-12(9-7-11)13-4-3-5-14(10-13)15-2/h3-6,10,12H,7-9H2,1-2H3. The number of rotatable bonds is 2. The van der Waals surface area contributed by atoms with Gasteiger partial charge in [-0.2, -0.15) is 0 Å². The van der Waals surface area contributed by atoms with E-state index >= 15 is 0 Å². The van der Waals surface area contributed by atoms with E-state index < -0.39 is 0 Å². The van der Waals surface area contributed by atoms with Crippen molar-refractivity contribution in [1.82, 2.24) is 0 Å². The Bertz CT molecular complexity index is 365. The van der Waals surface area contributed by atoms with Crippen molar-refractivity contribution in [2.75, 3.05) is 7.11 Å². The molecule has 0 N–H and O–H groups in total. The predicted molar refractivity (Wildman–Crippen MR) is 63.3 cm³/mol. The molecule has 0 amide bonds. The van der Waals surface area contributed by atoms with Gasteiger partial charge in [0.05, 0.1) is 7.11 Å². The predicted octanol–water partition coefficient (Wildman–Crippen LogP) is 3.91. The molecule has 1 nitrogen and oxygen atoms in total. The van der Waals surface area contributed by atoms with Crippen molar-refractivity contribution in [2.24, 2.45) is 0 Å². The van der Waals surface area contributed by atoms with Gasteiger partial charge in [0.15, 0.2) is 0 Å². The summed E-state index contributed by atoms with van der Waals surface area (Å²) in [4.78, 5) is 0. The van der Waals surface area contributed by atoms with Crippen molar-refractivity contribution in [3.63, 3.8) is 0 Å². The minimum absolute atomic E-state index is 0.684. The van der Waals surface area contributed by atoms with Crippen LogP contribution in [0.2, 0.25) is 0 Å². The van der Waals surface area contributed by atoms with Gasteiger partial charge in [-0.05, 0) is 49.8 Å². The van der Waals surface area contributed by atoms with E-state index in [1.165, 1.54) is 30.4 Å². The van der Waals surface area contributed by atoms with Gasteiger partial charge in [-0.15, -0.1) is 0 Å². The van der Waals surface area contributed by atoms with E-state index in [1.807, 2.05) is 6.07 Å². The summed E-state index contributed by atoms with van der Waals surface area (Å²) in [6, 6.07) is 8.47. The van der Waals surface area contributed by atoms with Crippen molar-refractivity contribution in [2.45, 2.75) is 32.1 Å². The first-order chi connectivity index (χ1) is 7.29. The Morgan fingerprint density at radius 1 is 1.33 bits per heavy atom. The second kappa shape index (κ2) is 4.52. The maximum Gasteiger partial charge on any atom is 0.119 e. The lowest BCUT2D eigenvalue weighted by Gasteiger charge is -2.21. The van der Waals surface area contributed by atoms with Crippen molar-refractivity contribution in [3.8, 4) is 5.75 Å². The smallest absolute Gasteiger partial charge is 0.119 e. The zero-order valence-electron chi connectivity index (χ0n) is 9.49. The lowest BCUT2D eigenvalue weighted by molar-refractivity contribution is 0.413. The van der Waals surface area contributed by atoms with E-state index in [9.17, 15) is 0 Å². The third kappa shape index (κ3) is 2.41. The van der Waals surface area contributed by atoms with Crippen molar-refractivity contribution in [1.29, 1.82) is 0 Å². The molecule has 0 saturated carbocycles. The fraction of sp³-hybridized carbons (Fsp3) is 0.429. The summed E-state index contributed by atoms with van der Waals surface area (Å²) >= 11 is 0. The fourth-order valence-electron chi connectivity index (χ4n) is 2.16. The van der Waals surface area contributed by atoms with Gasteiger partial charge in [0, 0.05) is 0 Å². The molecule has 0 aromatic heterocycles.